The molecule has 1 aliphatic rings. The maximum atomic E-state index is 11.9. The standard InChI is InChI=1S/C14H17N5O/c20-14(8-11-4-6-15-9-11)18-12-2-3-13(16-10-12)19-7-1-5-17-19/h1-3,5,7,10-11,15H,4,6,8-9H2,(H,18,20). The molecule has 2 aromatic heterocycles. The number of carbonyl (C=O) groups is 1. The highest BCUT2D eigenvalue weighted by Gasteiger charge is 2.18. The number of aromatic nitrogens is 3. The molecule has 3 rings (SSSR count). The van der Waals surface area contributed by atoms with Crippen LogP contribution in [0.25, 0.3) is 5.82 Å². The summed E-state index contributed by atoms with van der Waals surface area (Å²) in [6.07, 6.45) is 6.82. The lowest BCUT2D eigenvalue weighted by Gasteiger charge is -2.09. The molecule has 0 aliphatic carbocycles. The molecule has 1 saturated heterocycles. The van der Waals surface area contributed by atoms with E-state index in [0.29, 0.717) is 12.3 Å². The highest BCUT2D eigenvalue weighted by Crippen LogP contribution is 2.14. The molecule has 104 valence electrons. The average molecular weight is 271 g/mol. The molecule has 0 aromatic carbocycles. The van der Waals surface area contributed by atoms with Gasteiger partial charge in [0.15, 0.2) is 5.82 Å². The average Bonchev–Trinajstić information content (AvgIpc) is 3.12. The maximum absolute atomic E-state index is 11.9. The quantitative estimate of drug-likeness (QED) is 0.876. The molecule has 6 nitrogen and oxygen atoms in total. The normalized spacial score (nSPS) is 18.1. The van der Waals surface area contributed by atoms with Crippen molar-refractivity contribution < 1.29 is 4.79 Å². The van der Waals surface area contributed by atoms with Crippen LogP contribution in [0.15, 0.2) is 36.8 Å². The monoisotopic (exact) mass is 271 g/mol. The van der Waals surface area contributed by atoms with E-state index < -0.39 is 0 Å². The van der Waals surface area contributed by atoms with Crippen molar-refractivity contribution in [2.75, 3.05) is 18.4 Å². The van der Waals surface area contributed by atoms with Crippen LogP contribution in [0.3, 0.4) is 0 Å². The zero-order valence-electron chi connectivity index (χ0n) is 11.1. The lowest BCUT2D eigenvalue weighted by atomic mass is 10.0. The summed E-state index contributed by atoms with van der Waals surface area (Å²) in [5, 5.41) is 10.3. The van der Waals surface area contributed by atoms with E-state index in [1.54, 1.807) is 17.1 Å². The number of rotatable bonds is 4. The van der Waals surface area contributed by atoms with Crippen LogP contribution in [-0.2, 0) is 4.79 Å². The van der Waals surface area contributed by atoms with Gasteiger partial charge >= 0.3 is 0 Å². The van der Waals surface area contributed by atoms with Gasteiger partial charge < -0.3 is 10.6 Å². The summed E-state index contributed by atoms with van der Waals surface area (Å²) in [5.41, 5.74) is 0.719. The second-order valence-corrected chi connectivity index (χ2v) is 4.97. The van der Waals surface area contributed by atoms with Gasteiger partial charge in [0.1, 0.15) is 0 Å². The van der Waals surface area contributed by atoms with Crippen LogP contribution in [0.5, 0.6) is 0 Å². The fourth-order valence-corrected chi connectivity index (χ4v) is 2.36. The first-order chi connectivity index (χ1) is 9.81. The Morgan fingerprint density at radius 2 is 2.45 bits per heavy atom. The number of hydrogen-bond donors (Lipinski definition) is 2. The topological polar surface area (TPSA) is 71.8 Å². The molecule has 2 N–H and O–H groups in total. The number of hydrogen-bond acceptors (Lipinski definition) is 4. The summed E-state index contributed by atoms with van der Waals surface area (Å²) in [6.45, 7) is 1.95. The zero-order valence-corrected chi connectivity index (χ0v) is 11.1. The van der Waals surface area contributed by atoms with Crippen molar-refractivity contribution in [3.63, 3.8) is 0 Å². The number of anilines is 1. The largest absolute Gasteiger partial charge is 0.325 e. The van der Waals surface area contributed by atoms with Crippen LogP contribution in [0.2, 0.25) is 0 Å². The van der Waals surface area contributed by atoms with E-state index in [4.69, 9.17) is 0 Å². The molecule has 2 aromatic rings. The highest BCUT2D eigenvalue weighted by atomic mass is 16.1. The predicted octanol–water partition coefficient (Wildman–Crippen LogP) is 1.21. The van der Waals surface area contributed by atoms with E-state index in [-0.39, 0.29) is 5.91 Å². The van der Waals surface area contributed by atoms with Crippen molar-refractivity contribution in [2.45, 2.75) is 12.8 Å². The smallest absolute Gasteiger partial charge is 0.224 e. The third-order valence-electron chi connectivity index (χ3n) is 3.41. The first-order valence-corrected chi connectivity index (χ1v) is 6.78. The molecule has 1 amide bonds. The molecule has 0 spiro atoms. The van der Waals surface area contributed by atoms with Gasteiger partial charge in [-0.15, -0.1) is 0 Å². The minimum Gasteiger partial charge on any atom is -0.325 e. The van der Waals surface area contributed by atoms with Gasteiger partial charge in [-0.1, -0.05) is 0 Å². The molecule has 20 heavy (non-hydrogen) atoms. The van der Waals surface area contributed by atoms with E-state index >= 15 is 0 Å². The lowest BCUT2D eigenvalue weighted by Crippen LogP contribution is -2.18. The van der Waals surface area contributed by atoms with Gasteiger partial charge in [0.25, 0.3) is 0 Å². The van der Waals surface area contributed by atoms with Gasteiger partial charge in [0.2, 0.25) is 5.91 Å². The second kappa shape index (κ2) is 5.83. The Labute approximate surface area is 117 Å². The first kappa shape index (κ1) is 12.8. The van der Waals surface area contributed by atoms with E-state index in [0.717, 1.165) is 31.0 Å². The number of pyridine rings is 1. The van der Waals surface area contributed by atoms with E-state index in [1.165, 1.54) is 0 Å². The maximum Gasteiger partial charge on any atom is 0.224 e. The molecule has 1 atom stereocenters. The molecule has 0 radical (unpaired) electrons. The van der Waals surface area contributed by atoms with Crippen molar-refractivity contribution >= 4 is 11.6 Å². The Balaban J connectivity index is 1.59. The van der Waals surface area contributed by atoms with Crippen molar-refractivity contribution in [3.05, 3.63) is 36.8 Å². The van der Waals surface area contributed by atoms with Crippen molar-refractivity contribution in [2.24, 2.45) is 5.92 Å². The van der Waals surface area contributed by atoms with Crippen molar-refractivity contribution in [1.29, 1.82) is 0 Å². The molecule has 0 saturated carbocycles. The number of nitrogens with one attached hydrogen (secondary N) is 2. The summed E-state index contributed by atoms with van der Waals surface area (Å²) in [4.78, 5) is 16.2. The summed E-state index contributed by atoms with van der Waals surface area (Å²) in [7, 11) is 0. The Kier molecular flexibility index (Phi) is 3.73. The third kappa shape index (κ3) is 3.03. The van der Waals surface area contributed by atoms with Gasteiger partial charge in [0.05, 0.1) is 11.9 Å². The van der Waals surface area contributed by atoms with Gasteiger partial charge in [-0.2, -0.15) is 5.10 Å². The van der Waals surface area contributed by atoms with Gasteiger partial charge in [-0.3, -0.25) is 4.79 Å². The summed E-state index contributed by atoms with van der Waals surface area (Å²) < 4.78 is 1.68. The van der Waals surface area contributed by atoms with Crippen LogP contribution in [0.1, 0.15) is 12.8 Å². The van der Waals surface area contributed by atoms with Crippen LogP contribution in [0.4, 0.5) is 5.69 Å². The van der Waals surface area contributed by atoms with Crippen LogP contribution in [0, 0.1) is 5.92 Å². The van der Waals surface area contributed by atoms with Gasteiger partial charge in [-0.25, -0.2) is 9.67 Å². The van der Waals surface area contributed by atoms with Gasteiger partial charge in [0, 0.05) is 18.8 Å². The molecule has 6 heteroatoms. The fraction of sp³-hybridized carbons (Fsp3) is 0.357. The Hall–Kier alpha value is -2.21. The van der Waals surface area contributed by atoms with Crippen LogP contribution in [-0.4, -0.2) is 33.8 Å². The van der Waals surface area contributed by atoms with E-state index in [2.05, 4.69) is 20.7 Å². The van der Waals surface area contributed by atoms with Crippen molar-refractivity contribution in [3.8, 4) is 5.82 Å². The number of amides is 1. The summed E-state index contributed by atoms with van der Waals surface area (Å²) in [5.74, 6) is 1.23. The summed E-state index contributed by atoms with van der Waals surface area (Å²) >= 11 is 0. The lowest BCUT2D eigenvalue weighted by molar-refractivity contribution is -0.116. The molecular formula is C14H17N5O. The van der Waals surface area contributed by atoms with E-state index in [9.17, 15) is 4.79 Å². The predicted molar refractivity (Wildman–Crippen MR) is 75.6 cm³/mol. The fourth-order valence-electron chi connectivity index (χ4n) is 2.36. The second-order valence-electron chi connectivity index (χ2n) is 4.97. The molecule has 1 unspecified atom stereocenters. The third-order valence-corrected chi connectivity index (χ3v) is 3.41. The first-order valence-electron chi connectivity index (χ1n) is 6.78. The minimum absolute atomic E-state index is 0.0485. The number of carbonyl (C=O) groups excluding carboxylic acids is 1. The summed E-state index contributed by atoms with van der Waals surface area (Å²) in [6, 6.07) is 5.52. The number of nitrogens with zero attached hydrogens (tertiary/aromatic N) is 3. The Morgan fingerprint density at radius 3 is 3.10 bits per heavy atom. The van der Waals surface area contributed by atoms with Crippen LogP contribution < -0.4 is 10.6 Å². The minimum atomic E-state index is 0.0485. The van der Waals surface area contributed by atoms with E-state index in [1.807, 2.05) is 24.4 Å². The Morgan fingerprint density at radius 1 is 1.50 bits per heavy atom. The highest BCUT2D eigenvalue weighted by molar-refractivity contribution is 5.90. The van der Waals surface area contributed by atoms with Crippen molar-refractivity contribution in [1.82, 2.24) is 20.1 Å². The molecular weight excluding hydrogens is 254 g/mol. The van der Waals surface area contributed by atoms with Crippen LogP contribution >= 0.6 is 0 Å². The molecule has 1 fully saturated rings. The molecule has 0 bridgehead atoms. The zero-order chi connectivity index (χ0) is 13.8. The SMILES string of the molecule is O=C(CC1CCNC1)Nc1ccc(-n2cccn2)nc1. The molecule has 1 aliphatic heterocycles. The molecule has 3 heterocycles. The van der Waals surface area contributed by atoms with Gasteiger partial charge in [-0.05, 0) is 43.6 Å². The Bertz CT molecular complexity index is 558.